The Morgan fingerprint density at radius 1 is 1.06 bits per heavy atom. The van der Waals surface area contributed by atoms with Gasteiger partial charge in [0, 0.05) is 37.0 Å². The minimum absolute atomic E-state index is 0.0852. The minimum atomic E-state index is -0.909. The van der Waals surface area contributed by atoms with Crippen LogP contribution in [-0.2, 0) is 38.1 Å². The van der Waals surface area contributed by atoms with E-state index < -0.39 is 11.0 Å². The molecule has 2 N–H and O–H groups in total. The van der Waals surface area contributed by atoms with Gasteiger partial charge in [-0.3, -0.25) is 4.90 Å². The number of phenolic OH excluding ortho intramolecular Hbond substituents is 1. The van der Waals surface area contributed by atoms with Gasteiger partial charge < -0.3 is 19.5 Å². The zero-order valence-corrected chi connectivity index (χ0v) is 21.0. The highest BCUT2D eigenvalue weighted by Crippen LogP contribution is 2.69. The first-order valence-corrected chi connectivity index (χ1v) is 14.1. The van der Waals surface area contributed by atoms with Gasteiger partial charge in [-0.15, -0.1) is 0 Å². The van der Waals surface area contributed by atoms with E-state index >= 15 is 0 Å². The summed E-state index contributed by atoms with van der Waals surface area (Å²) in [5, 5.41) is 25.3. The highest BCUT2D eigenvalue weighted by molar-refractivity contribution is 5.90. The van der Waals surface area contributed by atoms with Crippen molar-refractivity contribution in [3.63, 3.8) is 0 Å². The average molecular weight is 483 g/mol. The number of rotatable bonds is 2. The first kappa shape index (κ1) is 20.5. The van der Waals surface area contributed by atoms with E-state index in [2.05, 4.69) is 34.7 Å². The highest BCUT2D eigenvalue weighted by Gasteiger charge is 2.73. The fourth-order valence-electron chi connectivity index (χ4n) is 9.34. The predicted octanol–water partition coefficient (Wildman–Crippen LogP) is 4.46. The quantitative estimate of drug-likeness (QED) is 0.566. The molecule has 36 heavy (non-hydrogen) atoms. The molecule has 9 rings (SSSR count). The molecule has 1 saturated heterocycles. The van der Waals surface area contributed by atoms with Crippen molar-refractivity contribution >= 4 is 10.9 Å². The molecule has 2 aliphatic heterocycles. The molecule has 2 bridgehead atoms. The Hall–Kier alpha value is -2.50. The Bertz CT molecular complexity index is 1490. The summed E-state index contributed by atoms with van der Waals surface area (Å²) < 4.78 is 9.25. The molecule has 1 saturated carbocycles. The molecule has 3 heterocycles. The van der Waals surface area contributed by atoms with Gasteiger partial charge in [0.05, 0.1) is 22.2 Å². The summed E-state index contributed by atoms with van der Waals surface area (Å²) in [6.45, 7) is 2.09. The number of aromatic nitrogens is 1. The van der Waals surface area contributed by atoms with Crippen molar-refractivity contribution in [2.24, 2.45) is 13.0 Å². The van der Waals surface area contributed by atoms with Crippen LogP contribution in [0.4, 0.5) is 0 Å². The van der Waals surface area contributed by atoms with E-state index in [4.69, 9.17) is 4.74 Å². The van der Waals surface area contributed by atoms with Gasteiger partial charge in [0.2, 0.25) is 0 Å². The molecule has 0 amide bonds. The van der Waals surface area contributed by atoms with Gasteiger partial charge in [-0.05, 0) is 92.1 Å². The van der Waals surface area contributed by atoms with E-state index in [-0.39, 0.29) is 17.9 Å². The lowest BCUT2D eigenvalue weighted by atomic mass is 9.49. The molecule has 3 aromatic rings. The molecule has 6 aliphatic rings. The number of benzene rings is 2. The Morgan fingerprint density at radius 2 is 1.89 bits per heavy atom. The van der Waals surface area contributed by atoms with E-state index in [0.717, 1.165) is 50.3 Å². The zero-order chi connectivity index (χ0) is 24.0. The van der Waals surface area contributed by atoms with Crippen molar-refractivity contribution in [1.82, 2.24) is 9.47 Å². The summed E-state index contributed by atoms with van der Waals surface area (Å²) in [7, 11) is 2.21. The standard InChI is InChI=1S/C31H34N2O3/c1-32-26-20-5-3-2-4-18(20)8-10-21(26)22-15-31(35)24-14-19-9-11-23(34)28-25(19)30(31,29(36-28)27(22)32)12-13-33(24)16-17-6-7-17/h8-11,17,24,29,34-35H,2-7,12-16H2,1H3/t24-,29-,30?,31+/m0/s1. The fraction of sp³-hybridized carbons (Fsp3) is 0.548. The molecule has 5 heteroatoms. The molecular formula is C31H34N2O3. The largest absolute Gasteiger partial charge is 0.504 e. The first-order valence-electron chi connectivity index (χ1n) is 14.1. The van der Waals surface area contributed by atoms with Crippen LogP contribution >= 0.6 is 0 Å². The van der Waals surface area contributed by atoms with Crippen molar-refractivity contribution < 1.29 is 14.9 Å². The maximum absolute atomic E-state index is 13.0. The van der Waals surface area contributed by atoms with Gasteiger partial charge in [-0.2, -0.15) is 0 Å². The fourth-order valence-corrected chi connectivity index (χ4v) is 9.34. The molecule has 2 aromatic carbocycles. The van der Waals surface area contributed by atoms with Gasteiger partial charge in [-0.25, -0.2) is 0 Å². The molecule has 1 aromatic heterocycles. The smallest absolute Gasteiger partial charge is 0.166 e. The number of ether oxygens (including phenoxy) is 1. The molecule has 0 radical (unpaired) electrons. The van der Waals surface area contributed by atoms with E-state index in [0.29, 0.717) is 12.2 Å². The van der Waals surface area contributed by atoms with Gasteiger partial charge in [0.25, 0.3) is 0 Å². The van der Waals surface area contributed by atoms with Crippen molar-refractivity contribution in [3.8, 4) is 11.5 Å². The lowest BCUT2D eigenvalue weighted by Gasteiger charge is -2.63. The predicted molar refractivity (Wildman–Crippen MR) is 138 cm³/mol. The van der Waals surface area contributed by atoms with Crippen molar-refractivity contribution in [1.29, 1.82) is 0 Å². The maximum Gasteiger partial charge on any atom is 0.166 e. The number of nitrogens with zero attached hydrogens (tertiary/aromatic N) is 2. The summed E-state index contributed by atoms with van der Waals surface area (Å²) in [5.41, 5.74) is 7.80. The summed E-state index contributed by atoms with van der Waals surface area (Å²) in [6, 6.07) is 8.67. The highest BCUT2D eigenvalue weighted by atomic mass is 16.5. The van der Waals surface area contributed by atoms with Crippen molar-refractivity contribution in [2.75, 3.05) is 13.1 Å². The van der Waals surface area contributed by atoms with E-state index in [1.807, 2.05) is 6.07 Å². The van der Waals surface area contributed by atoms with Gasteiger partial charge in [0.1, 0.15) is 0 Å². The molecule has 5 nitrogen and oxygen atoms in total. The number of hydrogen-bond donors (Lipinski definition) is 2. The number of fused-ring (bicyclic) bond motifs is 6. The van der Waals surface area contributed by atoms with E-state index in [9.17, 15) is 10.2 Å². The molecule has 1 unspecified atom stereocenters. The summed E-state index contributed by atoms with van der Waals surface area (Å²) >= 11 is 0. The van der Waals surface area contributed by atoms with Crippen LogP contribution < -0.4 is 4.74 Å². The second-order valence-corrected chi connectivity index (χ2v) is 12.7. The van der Waals surface area contributed by atoms with Gasteiger partial charge in [-0.1, -0.05) is 18.2 Å². The average Bonchev–Trinajstić information content (AvgIpc) is 3.56. The number of likely N-dealkylation sites (tertiary alicyclic amines) is 1. The van der Waals surface area contributed by atoms with Crippen LogP contribution in [0.2, 0.25) is 0 Å². The Balaban J connectivity index is 1.34. The lowest BCUT2D eigenvalue weighted by molar-refractivity contribution is -0.173. The number of aliphatic hydroxyl groups is 1. The first-order chi connectivity index (χ1) is 17.5. The molecule has 2 fully saturated rings. The third kappa shape index (κ3) is 2.20. The second kappa shape index (κ2) is 6.49. The SMILES string of the molecule is Cn1c2c(c3ccc4c(c31)CCCC4)C[C@@]1(O)[C@@H]3Cc4ccc(O)c5c4C1(CCN3CC1CC1)[C@H]2O5. The maximum atomic E-state index is 13.0. The molecule has 4 atom stereocenters. The van der Waals surface area contributed by atoms with Gasteiger partial charge >= 0.3 is 0 Å². The molecule has 1 spiro atoms. The number of aryl methyl sites for hydroxylation is 3. The van der Waals surface area contributed by atoms with Crippen LogP contribution in [0.3, 0.4) is 0 Å². The van der Waals surface area contributed by atoms with E-state index in [1.54, 1.807) is 0 Å². The summed E-state index contributed by atoms with van der Waals surface area (Å²) in [5.74, 6) is 1.64. The van der Waals surface area contributed by atoms with Crippen LogP contribution in [0.1, 0.15) is 71.7 Å². The van der Waals surface area contributed by atoms with Crippen LogP contribution in [0.15, 0.2) is 24.3 Å². The number of aromatic hydroxyl groups is 1. The van der Waals surface area contributed by atoms with Crippen LogP contribution in [-0.4, -0.2) is 44.4 Å². The Labute approximate surface area is 211 Å². The molecule has 4 aliphatic carbocycles. The number of phenols is 1. The third-order valence-corrected chi connectivity index (χ3v) is 11.0. The Kier molecular flexibility index (Phi) is 3.70. The topological polar surface area (TPSA) is 57.9 Å². The third-order valence-electron chi connectivity index (χ3n) is 11.0. The van der Waals surface area contributed by atoms with Crippen LogP contribution in [0.25, 0.3) is 10.9 Å². The van der Waals surface area contributed by atoms with Crippen LogP contribution in [0.5, 0.6) is 11.5 Å². The van der Waals surface area contributed by atoms with E-state index in [1.165, 1.54) is 64.5 Å². The normalized spacial score (nSPS) is 33.7. The molecular weight excluding hydrogens is 448 g/mol. The van der Waals surface area contributed by atoms with Crippen molar-refractivity contribution in [3.05, 3.63) is 57.8 Å². The summed E-state index contributed by atoms with van der Waals surface area (Å²) in [4.78, 5) is 2.62. The number of piperidine rings is 1. The van der Waals surface area contributed by atoms with Crippen molar-refractivity contribution in [2.45, 2.75) is 80.9 Å². The minimum Gasteiger partial charge on any atom is -0.504 e. The monoisotopic (exact) mass is 482 g/mol. The van der Waals surface area contributed by atoms with Gasteiger partial charge in [0.15, 0.2) is 17.6 Å². The second-order valence-electron chi connectivity index (χ2n) is 12.7. The molecule has 186 valence electrons. The number of hydrogen-bond acceptors (Lipinski definition) is 4. The Morgan fingerprint density at radius 3 is 2.75 bits per heavy atom. The van der Waals surface area contributed by atoms with Crippen LogP contribution in [0, 0.1) is 5.92 Å². The lowest BCUT2D eigenvalue weighted by Crippen LogP contribution is -2.74. The zero-order valence-electron chi connectivity index (χ0n) is 21.0. The summed E-state index contributed by atoms with van der Waals surface area (Å²) in [6.07, 6.45) is 9.57.